The summed E-state index contributed by atoms with van der Waals surface area (Å²) < 4.78 is 35.7. The Morgan fingerprint density at radius 2 is 1.76 bits per heavy atom. The van der Waals surface area contributed by atoms with Gasteiger partial charge in [-0.25, -0.2) is 4.57 Å². The number of rotatable bonds is 10. The van der Waals surface area contributed by atoms with Crippen molar-refractivity contribution in [1.29, 1.82) is 0 Å². The van der Waals surface area contributed by atoms with Crippen molar-refractivity contribution in [2.45, 2.75) is 46.2 Å². The molecular formula is C21H30NO6P. The molecule has 0 radical (unpaired) electrons. The Morgan fingerprint density at radius 3 is 2.28 bits per heavy atom. The molecule has 1 aromatic heterocycles. The van der Waals surface area contributed by atoms with Crippen molar-refractivity contribution in [3.63, 3.8) is 0 Å². The second-order valence-electron chi connectivity index (χ2n) is 6.69. The molecule has 160 valence electrons. The Bertz CT molecular complexity index is 860. The second-order valence-corrected chi connectivity index (χ2v) is 8.94. The third-order valence-corrected chi connectivity index (χ3v) is 7.45. The molecule has 0 saturated carbocycles. The van der Waals surface area contributed by atoms with Gasteiger partial charge < -0.3 is 19.1 Å². The number of phenolic OH excluding ortho intramolecular Hbond substituents is 1. The van der Waals surface area contributed by atoms with Crippen molar-refractivity contribution >= 4 is 7.60 Å². The molecule has 0 aliphatic rings. The number of ether oxygens (including phenoxy) is 2. The lowest BCUT2D eigenvalue weighted by molar-refractivity contribution is 0.266. The quantitative estimate of drug-likeness (QED) is 0.535. The zero-order valence-electron chi connectivity index (χ0n) is 17.9. The highest BCUT2D eigenvalue weighted by Crippen LogP contribution is 2.56. The molecule has 8 heteroatoms. The van der Waals surface area contributed by atoms with E-state index in [-0.39, 0.29) is 35.3 Å². The number of pyridine rings is 1. The first-order valence-corrected chi connectivity index (χ1v) is 11.2. The van der Waals surface area contributed by atoms with Gasteiger partial charge in [0.25, 0.3) is 0 Å². The van der Waals surface area contributed by atoms with E-state index >= 15 is 0 Å². The van der Waals surface area contributed by atoms with E-state index in [1.807, 2.05) is 26.8 Å². The maximum atomic E-state index is 13.8. The molecule has 0 spiro atoms. The molecule has 0 aliphatic carbocycles. The Hall–Kier alpha value is -2.24. The molecule has 0 fully saturated rings. The number of phenols is 1. The predicted octanol–water partition coefficient (Wildman–Crippen LogP) is 5.05. The van der Waals surface area contributed by atoms with Gasteiger partial charge in [0.2, 0.25) is 5.75 Å². The van der Waals surface area contributed by atoms with Crippen molar-refractivity contribution in [2.75, 3.05) is 20.8 Å². The minimum atomic E-state index is -3.56. The van der Waals surface area contributed by atoms with Crippen molar-refractivity contribution in [2.24, 2.45) is 0 Å². The molecule has 1 aromatic carbocycles. The van der Waals surface area contributed by atoms with E-state index in [4.69, 9.17) is 18.5 Å². The van der Waals surface area contributed by atoms with Crippen LogP contribution in [0.1, 0.15) is 37.1 Å². The highest BCUT2D eigenvalue weighted by atomic mass is 31.2. The molecule has 0 saturated heterocycles. The maximum absolute atomic E-state index is 13.8. The first-order valence-electron chi connectivity index (χ1n) is 9.59. The maximum Gasteiger partial charge on any atom is 0.382 e. The number of aromatic nitrogens is 1. The van der Waals surface area contributed by atoms with Crippen LogP contribution in [0.25, 0.3) is 0 Å². The van der Waals surface area contributed by atoms with E-state index in [1.165, 1.54) is 26.4 Å². The van der Waals surface area contributed by atoms with E-state index in [9.17, 15) is 9.67 Å². The first kappa shape index (κ1) is 23.0. The van der Waals surface area contributed by atoms with Gasteiger partial charge in [-0.2, -0.15) is 0 Å². The fourth-order valence-corrected chi connectivity index (χ4v) is 5.07. The van der Waals surface area contributed by atoms with Gasteiger partial charge in [-0.15, -0.1) is 0 Å². The molecule has 1 heterocycles. The Kier molecular flexibility index (Phi) is 7.94. The van der Waals surface area contributed by atoms with Crippen LogP contribution >= 0.6 is 7.60 Å². The summed E-state index contributed by atoms with van der Waals surface area (Å²) in [6, 6.07) is 4.88. The van der Waals surface area contributed by atoms with Gasteiger partial charge in [-0.05, 0) is 44.4 Å². The summed E-state index contributed by atoms with van der Waals surface area (Å²) in [6.07, 6.45) is 2.80. The van der Waals surface area contributed by atoms with Gasteiger partial charge in [0, 0.05) is 30.4 Å². The highest BCUT2D eigenvalue weighted by Gasteiger charge is 2.37. The molecule has 1 N–H and O–H groups in total. The average Bonchev–Trinajstić information content (AvgIpc) is 2.70. The van der Waals surface area contributed by atoms with E-state index < -0.39 is 7.60 Å². The summed E-state index contributed by atoms with van der Waals surface area (Å²) in [5.41, 5.74) is 2.69. The molecule has 7 nitrogen and oxygen atoms in total. The van der Waals surface area contributed by atoms with Crippen molar-refractivity contribution in [3.05, 3.63) is 41.2 Å². The van der Waals surface area contributed by atoms with Gasteiger partial charge in [0.15, 0.2) is 11.5 Å². The van der Waals surface area contributed by atoms with E-state index in [0.717, 1.165) is 16.8 Å². The normalized spacial score (nSPS) is 14.1. The summed E-state index contributed by atoms with van der Waals surface area (Å²) in [5.74, 6) is 0.402. The summed E-state index contributed by atoms with van der Waals surface area (Å²) in [6.45, 7) is 7.99. The van der Waals surface area contributed by atoms with Crippen LogP contribution in [0.2, 0.25) is 0 Å². The number of aryl methyl sites for hydroxylation is 1. The first-order chi connectivity index (χ1) is 13.8. The molecule has 2 aromatic rings. The van der Waals surface area contributed by atoms with Crippen LogP contribution in [0, 0.1) is 13.8 Å². The SMILES string of the molecule is CCOP(=O)(Oc1cc(OC)c(O)c(OC)c1)C(CC)Cc1nccc(C)c1C. The Balaban J connectivity index is 2.41. The smallest absolute Gasteiger partial charge is 0.382 e. The molecule has 0 amide bonds. The fraction of sp³-hybridized carbons (Fsp3) is 0.476. The van der Waals surface area contributed by atoms with Crippen molar-refractivity contribution < 1.29 is 28.2 Å². The zero-order chi connectivity index (χ0) is 21.6. The Morgan fingerprint density at radius 1 is 1.14 bits per heavy atom. The number of nitrogens with zero attached hydrogens (tertiary/aromatic N) is 1. The van der Waals surface area contributed by atoms with Crippen molar-refractivity contribution in [3.8, 4) is 23.0 Å². The van der Waals surface area contributed by atoms with Crippen molar-refractivity contribution in [1.82, 2.24) is 4.98 Å². The molecule has 2 unspecified atom stereocenters. The number of methoxy groups -OCH3 is 2. The number of benzene rings is 1. The van der Waals surface area contributed by atoms with E-state index in [1.54, 1.807) is 13.1 Å². The predicted molar refractivity (Wildman–Crippen MR) is 113 cm³/mol. The van der Waals surface area contributed by atoms with Crippen LogP contribution in [0.5, 0.6) is 23.0 Å². The van der Waals surface area contributed by atoms with Gasteiger partial charge in [-0.3, -0.25) is 9.51 Å². The molecule has 29 heavy (non-hydrogen) atoms. The summed E-state index contributed by atoms with van der Waals surface area (Å²) >= 11 is 0. The van der Waals surface area contributed by atoms with Gasteiger partial charge in [0.05, 0.1) is 26.5 Å². The van der Waals surface area contributed by atoms with Gasteiger partial charge >= 0.3 is 7.60 Å². The molecule has 0 aliphatic heterocycles. The second kappa shape index (κ2) is 9.99. The average molecular weight is 423 g/mol. The fourth-order valence-electron chi connectivity index (χ4n) is 3.05. The Labute approximate surface area is 172 Å². The van der Waals surface area contributed by atoms with Gasteiger partial charge in [0.1, 0.15) is 5.75 Å². The van der Waals surface area contributed by atoms with Crippen LogP contribution in [0.4, 0.5) is 0 Å². The van der Waals surface area contributed by atoms with E-state index in [0.29, 0.717) is 12.8 Å². The minimum Gasteiger partial charge on any atom is -0.502 e. The number of aromatic hydroxyl groups is 1. The minimum absolute atomic E-state index is 0.153. The molecule has 0 bridgehead atoms. The summed E-state index contributed by atoms with van der Waals surface area (Å²) in [7, 11) is -0.724. The third kappa shape index (κ3) is 5.22. The topological polar surface area (TPSA) is 87.1 Å². The lowest BCUT2D eigenvalue weighted by Gasteiger charge is -2.27. The number of hydrogen-bond donors (Lipinski definition) is 1. The highest BCUT2D eigenvalue weighted by molar-refractivity contribution is 7.55. The largest absolute Gasteiger partial charge is 0.502 e. The number of hydrogen-bond acceptors (Lipinski definition) is 7. The molecular weight excluding hydrogens is 393 g/mol. The van der Waals surface area contributed by atoms with Crippen LogP contribution < -0.4 is 14.0 Å². The van der Waals surface area contributed by atoms with Crippen LogP contribution in [-0.2, 0) is 15.5 Å². The molecule has 2 atom stereocenters. The van der Waals surface area contributed by atoms with Crippen LogP contribution in [0.3, 0.4) is 0 Å². The lowest BCUT2D eigenvalue weighted by atomic mass is 10.1. The summed E-state index contributed by atoms with van der Waals surface area (Å²) in [5, 5.41) is 10.1. The summed E-state index contributed by atoms with van der Waals surface area (Å²) in [4.78, 5) is 4.47. The zero-order valence-corrected chi connectivity index (χ0v) is 18.8. The van der Waals surface area contributed by atoms with Gasteiger partial charge in [-0.1, -0.05) is 6.92 Å². The lowest BCUT2D eigenvalue weighted by Crippen LogP contribution is -2.18. The molecule has 2 rings (SSSR count). The van der Waals surface area contributed by atoms with Crippen LogP contribution in [0.15, 0.2) is 24.4 Å². The van der Waals surface area contributed by atoms with Crippen LogP contribution in [-0.4, -0.2) is 36.6 Å². The van der Waals surface area contributed by atoms with E-state index in [2.05, 4.69) is 4.98 Å². The monoisotopic (exact) mass is 423 g/mol. The standard InChI is InChI=1S/C21H30NO6P/c1-7-17(13-18-15(4)14(3)9-10-22-18)29(24,27-8-2)28-16-11-19(25-5)21(23)20(12-16)26-6/h9-12,17,23H,7-8,13H2,1-6H3. The third-order valence-electron chi connectivity index (χ3n) is 4.92.